The summed E-state index contributed by atoms with van der Waals surface area (Å²) in [6, 6.07) is 0. The molecule has 2 N–H and O–H groups in total. The summed E-state index contributed by atoms with van der Waals surface area (Å²) in [6.45, 7) is 17.8. The van der Waals surface area contributed by atoms with E-state index in [4.69, 9.17) is 9.47 Å². The predicted octanol–water partition coefficient (Wildman–Crippen LogP) is 12.8. The number of aliphatic hydroxyl groups excluding tert-OH is 2. The lowest BCUT2D eigenvalue weighted by Crippen LogP contribution is -2.38. The third-order valence-electron chi connectivity index (χ3n) is 11.9. The van der Waals surface area contributed by atoms with E-state index in [-0.39, 0.29) is 18.5 Å². The van der Waals surface area contributed by atoms with Gasteiger partial charge in [0.1, 0.15) is 0 Å². The summed E-state index contributed by atoms with van der Waals surface area (Å²) in [5.74, 6) is 3.10. The highest BCUT2D eigenvalue weighted by Gasteiger charge is 2.19. The maximum absolute atomic E-state index is 13.0. The van der Waals surface area contributed by atoms with Gasteiger partial charge in [-0.1, -0.05) is 176 Å². The van der Waals surface area contributed by atoms with Crippen molar-refractivity contribution in [1.82, 2.24) is 9.80 Å². The van der Waals surface area contributed by atoms with Crippen LogP contribution in [0.25, 0.3) is 0 Å². The Morgan fingerprint density at radius 2 is 1.02 bits per heavy atom. The van der Waals surface area contributed by atoms with E-state index in [1.165, 1.54) is 134 Å². The standard InChI is InChI=1S/C49H100N2O5S/c1-6-11-15-19-21-26-32-46(31-25-17-13-8-3)45-57-44-43-55-48(53)35-37-51(39-38-50(10-5)40-41-52)36-29-23-24-30-42-56-49(54)47(33-27-18-14-9-4)34-28-22-20-16-12-7-2/h46-48,52-53H,6-45H2,1-5H3. The number of hydrogen-bond donors (Lipinski definition) is 2. The van der Waals surface area contributed by atoms with Gasteiger partial charge in [-0.25, -0.2) is 0 Å². The van der Waals surface area contributed by atoms with Gasteiger partial charge in [-0.15, -0.1) is 0 Å². The summed E-state index contributed by atoms with van der Waals surface area (Å²) in [6.07, 6.45) is 34.8. The van der Waals surface area contributed by atoms with E-state index in [1.807, 2.05) is 11.8 Å². The quantitative estimate of drug-likeness (QED) is 0.0357. The summed E-state index contributed by atoms with van der Waals surface area (Å²) in [7, 11) is 0. The molecule has 0 fully saturated rings. The van der Waals surface area contributed by atoms with Gasteiger partial charge >= 0.3 is 5.97 Å². The van der Waals surface area contributed by atoms with E-state index >= 15 is 0 Å². The van der Waals surface area contributed by atoms with Crippen molar-refractivity contribution < 1.29 is 24.5 Å². The van der Waals surface area contributed by atoms with Crippen molar-refractivity contribution in [3.05, 3.63) is 0 Å². The normalized spacial score (nSPS) is 13.5. The Bertz CT molecular complexity index is 808. The van der Waals surface area contributed by atoms with Crippen molar-refractivity contribution in [2.45, 2.75) is 227 Å². The van der Waals surface area contributed by atoms with Gasteiger partial charge in [-0.2, -0.15) is 11.8 Å². The van der Waals surface area contributed by atoms with Gasteiger partial charge < -0.3 is 29.5 Å². The van der Waals surface area contributed by atoms with Gasteiger partial charge in [-0.05, 0) is 63.3 Å². The fraction of sp³-hybridized carbons (Fsp3) is 0.980. The monoisotopic (exact) mass is 829 g/mol. The molecule has 0 aliphatic rings. The Kier molecular flexibility index (Phi) is 44.9. The number of likely N-dealkylation sites (N-methyl/N-ethyl adjacent to an activating group) is 1. The molecule has 0 saturated carbocycles. The lowest BCUT2D eigenvalue weighted by atomic mass is 9.94. The number of thioether (sulfide) groups is 1. The average molecular weight is 829 g/mol. The minimum absolute atomic E-state index is 0.0412. The second-order valence-electron chi connectivity index (χ2n) is 17.1. The topological polar surface area (TPSA) is 82.5 Å². The van der Waals surface area contributed by atoms with Gasteiger partial charge in [0, 0.05) is 38.4 Å². The molecular formula is C49H100N2O5S. The minimum atomic E-state index is -0.730. The highest BCUT2D eigenvalue weighted by atomic mass is 32.2. The Morgan fingerprint density at radius 3 is 1.58 bits per heavy atom. The van der Waals surface area contributed by atoms with Crippen LogP contribution in [0.15, 0.2) is 0 Å². The average Bonchev–Trinajstić information content (AvgIpc) is 3.21. The van der Waals surface area contributed by atoms with Crippen molar-refractivity contribution >= 4 is 17.7 Å². The molecule has 0 bridgehead atoms. The van der Waals surface area contributed by atoms with Crippen LogP contribution in [0.5, 0.6) is 0 Å². The van der Waals surface area contributed by atoms with Crippen LogP contribution in [-0.4, -0.2) is 103 Å². The number of carbonyl (C=O) groups excluding carboxylic acids is 1. The highest BCUT2D eigenvalue weighted by molar-refractivity contribution is 7.99. The number of esters is 1. The summed E-state index contributed by atoms with van der Waals surface area (Å²) < 4.78 is 11.8. The number of carbonyl (C=O) groups is 1. The molecule has 8 heteroatoms. The van der Waals surface area contributed by atoms with Crippen LogP contribution in [0.4, 0.5) is 0 Å². The zero-order valence-electron chi connectivity index (χ0n) is 38.9. The first-order valence-corrected chi connectivity index (χ1v) is 26.2. The lowest BCUT2D eigenvalue weighted by molar-refractivity contribution is -0.149. The van der Waals surface area contributed by atoms with E-state index < -0.39 is 6.29 Å². The van der Waals surface area contributed by atoms with E-state index in [1.54, 1.807) is 0 Å². The van der Waals surface area contributed by atoms with Crippen LogP contribution in [0, 0.1) is 11.8 Å². The van der Waals surface area contributed by atoms with Crippen LogP contribution >= 0.6 is 11.8 Å². The zero-order valence-corrected chi connectivity index (χ0v) is 39.8. The molecule has 0 radical (unpaired) electrons. The Hall–Kier alpha value is -0.380. The van der Waals surface area contributed by atoms with Crippen molar-refractivity contribution in [1.29, 1.82) is 0 Å². The molecule has 0 aliphatic heterocycles. The summed E-state index contributed by atoms with van der Waals surface area (Å²) in [5.41, 5.74) is 0. The molecule has 0 aromatic rings. The Morgan fingerprint density at radius 1 is 0.526 bits per heavy atom. The van der Waals surface area contributed by atoms with Crippen molar-refractivity contribution in [3.63, 3.8) is 0 Å². The fourth-order valence-electron chi connectivity index (χ4n) is 7.89. The summed E-state index contributed by atoms with van der Waals surface area (Å²) in [5, 5.41) is 20.3. The number of aliphatic hydroxyl groups is 2. The first-order chi connectivity index (χ1) is 27.9. The molecule has 0 aromatic heterocycles. The van der Waals surface area contributed by atoms with E-state index in [0.717, 1.165) is 95.8 Å². The molecule has 0 heterocycles. The highest BCUT2D eigenvalue weighted by Crippen LogP contribution is 2.24. The molecule has 7 nitrogen and oxygen atoms in total. The first kappa shape index (κ1) is 56.6. The largest absolute Gasteiger partial charge is 0.465 e. The number of ether oxygens (including phenoxy) is 2. The van der Waals surface area contributed by atoms with Gasteiger partial charge in [0.05, 0.1) is 25.7 Å². The molecule has 3 atom stereocenters. The number of unbranched alkanes of at least 4 members (excludes halogenated alkanes) is 19. The number of rotatable bonds is 47. The molecule has 0 aromatic carbocycles. The van der Waals surface area contributed by atoms with Crippen LogP contribution in [0.3, 0.4) is 0 Å². The smallest absolute Gasteiger partial charge is 0.308 e. The van der Waals surface area contributed by atoms with Gasteiger partial charge in [-0.3, -0.25) is 4.79 Å². The number of nitrogens with zero attached hydrogens (tertiary/aromatic N) is 2. The zero-order chi connectivity index (χ0) is 41.9. The third-order valence-corrected chi connectivity index (χ3v) is 13.0. The van der Waals surface area contributed by atoms with Gasteiger partial charge in [0.2, 0.25) is 0 Å². The third kappa shape index (κ3) is 38.3. The van der Waals surface area contributed by atoms with Crippen LogP contribution in [-0.2, 0) is 14.3 Å². The second-order valence-corrected chi connectivity index (χ2v) is 18.3. The van der Waals surface area contributed by atoms with Crippen molar-refractivity contribution in [3.8, 4) is 0 Å². The molecule has 0 amide bonds. The van der Waals surface area contributed by atoms with E-state index in [2.05, 4.69) is 44.4 Å². The van der Waals surface area contributed by atoms with Gasteiger partial charge in [0.15, 0.2) is 6.29 Å². The maximum atomic E-state index is 13.0. The lowest BCUT2D eigenvalue weighted by Gasteiger charge is -2.27. The van der Waals surface area contributed by atoms with Crippen LogP contribution in [0.2, 0.25) is 0 Å². The van der Waals surface area contributed by atoms with Crippen LogP contribution in [0.1, 0.15) is 221 Å². The molecule has 0 saturated heterocycles. The van der Waals surface area contributed by atoms with Gasteiger partial charge in [0.25, 0.3) is 0 Å². The predicted molar refractivity (Wildman–Crippen MR) is 249 cm³/mol. The maximum Gasteiger partial charge on any atom is 0.308 e. The van der Waals surface area contributed by atoms with Crippen molar-refractivity contribution in [2.75, 3.05) is 70.6 Å². The fourth-order valence-corrected chi connectivity index (χ4v) is 8.94. The molecule has 0 aliphatic carbocycles. The molecule has 57 heavy (non-hydrogen) atoms. The van der Waals surface area contributed by atoms with E-state index in [0.29, 0.717) is 26.2 Å². The molecule has 0 rings (SSSR count). The second kappa shape index (κ2) is 45.2. The number of hydrogen-bond acceptors (Lipinski definition) is 8. The first-order valence-electron chi connectivity index (χ1n) is 25.0. The summed E-state index contributed by atoms with van der Waals surface area (Å²) in [4.78, 5) is 17.8. The summed E-state index contributed by atoms with van der Waals surface area (Å²) >= 11 is 2.01. The Labute approximate surface area is 360 Å². The van der Waals surface area contributed by atoms with Crippen molar-refractivity contribution in [2.24, 2.45) is 11.8 Å². The van der Waals surface area contributed by atoms with Crippen LogP contribution < -0.4 is 0 Å². The van der Waals surface area contributed by atoms with E-state index in [9.17, 15) is 15.0 Å². The molecule has 342 valence electrons. The molecular weight excluding hydrogens is 729 g/mol. The SMILES string of the molecule is CCCCCCCCC(CCCCCC)CSCCOC(O)CCN(CCCCCCOC(=O)C(CCCCCC)CCCCCCCC)CCN(CC)CCO. The minimum Gasteiger partial charge on any atom is -0.465 e. The Balaban J connectivity index is 4.63. The molecule has 0 spiro atoms. The molecule has 3 unspecified atom stereocenters.